The van der Waals surface area contributed by atoms with Crippen molar-refractivity contribution in [3.05, 3.63) is 60.4 Å². The fourth-order valence-corrected chi connectivity index (χ4v) is 2.84. The monoisotopic (exact) mass is 442 g/mol. The number of pyridine rings is 1. The lowest BCUT2D eigenvalue weighted by atomic mass is 10.3. The standard InChI is InChI=1S/C17H22N4S.HI/c1-14(22-16-8-3-2-4-9-16)13-21-17(18)20-12-10-15-7-5-6-11-19-15;/h2-9,11,14H,10,12-13H2,1H3,(H3,18,20,21);1H. The normalized spacial score (nSPS) is 12.3. The zero-order valence-corrected chi connectivity index (χ0v) is 16.3. The number of nitrogens with two attached hydrogens (primary N) is 1. The second kappa shape index (κ2) is 11.3. The number of aliphatic imine (C=N–C) groups is 1. The lowest BCUT2D eigenvalue weighted by Crippen LogP contribution is -2.33. The summed E-state index contributed by atoms with van der Waals surface area (Å²) in [5.74, 6) is 0.497. The molecule has 6 heteroatoms. The van der Waals surface area contributed by atoms with Crippen molar-refractivity contribution >= 4 is 41.7 Å². The van der Waals surface area contributed by atoms with Crippen LogP contribution in [0.1, 0.15) is 12.6 Å². The molecule has 1 heterocycles. The van der Waals surface area contributed by atoms with Gasteiger partial charge in [-0.3, -0.25) is 9.98 Å². The maximum atomic E-state index is 5.89. The van der Waals surface area contributed by atoms with Crippen LogP contribution in [0.2, 0.25) is 0 Å². The van der Waals surface area contributed by atoms with Gasteiger partial charge in [-0.1, -0.05) is 31.2 Å². The van der Waals surface area contributed by atoms with E-state index in [9.17, 15) is 0 Å². The van der Waals surface area contributed by atoms with Gasteiger partial charge >= 0.3 is 0 Å². The summed E-state index contributed by atoms with van der Waals surface area (Å²) in [6, 6.07) is 16.3. The Balaban J connectivity index is 0.00000264. The molecule has 0 aliphatic carbocycles. The molecule has 0 fully saturated rings. The number of halogens is 1. The molecule has 0 bridgehead atoms. The van der Waals surface area contributed by atoms with Crippen molar-refractivity contribution in [1.29, 1.82) is 0 Å². The van der Waals surface area contributed by atoms with Gasteiger partial charge in [0.15, 0.2) is 5.96 Å². The highest BCUT2D eigenvalue weighted by Crippen LogP contribution is 2.22. The average Bonchev–Trinajstić information content (AvgIpc) is 2.55. The lowest BCUT2D eigenvalue weighted by molar-refractivity contribution is 0.824. The Morgan fingerprint density at radius 2 is 1.96 bits per heavy atom. The summed E-state index contributed by atoms with van der Waals surface area (Å²) in [7, 11) is 0. The number of nitrogens with one attached hydrogen (secondary N) is 1. The van der Waals surface area contributed by atoms with Crippen molar-refractivity contribution in [2.45, 2.75) is 23.5 Å². The van der Waals surface area contributed by atoms with Gasteiger partial charge in [-0.2, -0.15) is 0 Å². The first-order chi connectivity index (χ1) is 10.7. The van der Waals surface area contributed by atoms with Crippen LogP contribution in [0, 0.1) is 0 Å². The largest absolute Gasteiger partial charge is 0.370 e. The molecular weight excluding hydrogens is 419 g/mol. The molecule has 0 radical (unpaired) electrons. The highest BCUT2D eigenvalue weighted by Gasteiger charge is 2.03. The van der Waals surface area contributed by atoms with E-state index in [1.807, 2.05) is 36.4 Å². The zero-order chi connectivity index (χ0) is 15.6. The lowest BCUT2D eigenvalue weighted by Gasteiger charge is -2.10. The molecule has 0 saturated carbocycles. The minimum Gasteiger partial charge on any atom is -0.370 e. The Morgan fingerprint density at radius 3 is 2.65 bits per heavy atom. The van der Waals surface area contributed by atoms with Crippen LogP contribution >= 0.6 is 35.7 Å². The number of thioether (sulfide) groups is 1. The van der Waals surface area contributed by atoms with Crippen molar-refractivity contribution in [3.8, 4) is 0 Å². The summed E-state index contributed by atoms with van der Waals surface area (Å²) in [5, 5.41) is 3.52. The van der Waals surface area contributed by atoms with Crippen LogP contribution in [0.5, 0.6) is 0 Å². The molecule has 0 aliphatic heterocycles. The van der Waals surface area contributed by atoms with Crippen molar-refractivity contribution in [2.24, 2.45) is 10.7 Å². The van der Waals surface area contributed by atoms with Gasteiger partial charge < -0.3 is 11.1 Å². The molecule has 1 unspecified atom stereocenters. The van der Waals surface area contributed by atoms with Crippen LogP contribution in [0.4, 0.5) is 0 Å². The van der Waals surface area contributed by atoms with Gasteiger partial charge in [0.2, 0.25) is 0 Å². The Hall–Kier alpha value is -1.28. The second-order valence-corrected chi connectivity index (χ2v) is 6.48. The van der Waals surface area contributed by atoms with Crippen LogP contribution in [0.25, 0.3) is 0 Å². The van der Waals surface area contributed by atoms with E-state index in [1.165, 1.54) is 4.90 Å². The Kier molecular flexibility index (Phi) is 9.70. The number of aromatic nitrogens is 1. The fourth-order valence-electron chi connectivity index (χ4n) is 1.92. The van der Waals surface area contributed by atoms with Gasteiger partial charge in [-0.05, 0) is 24.3 Å². The summed E-state index contributed by atoms with van der Waals surface area (Å²) >= 11 is 1.81. The van der Waals surface area contributed by atoms with E-state index < -0.39 is 0 Å². The molecule has 0 spiro atoms. The van der Waals surface area contributed by atoms with Gasteiger partial charge in [0.05, 0.1) is 6.54 Å². The summed E-state index contributed by atoms with van der Waals surface area (Å²) in [4.78, 5) is 9.92. The molecule has 0 amide bonds. The average molecular weight is 442 g/mol. The topological polar surface area (TPSA) is 63.3 Å². The number of nitrogens with zero attached hydrogens (tertiary/aromatic N) is 2. The van der Waals surface area contributed by atoms with Crippen molar-refractivity contribution in [1.82, 2.24) is 10.3 Å². The van der Waals surface area contributed by atoms with Crippen LogP contribution < -0.4 is 11.1 Å². The summed E-state index contributed by atoms with van der Waals surface area (Å²) < 4.78 is 0. The molecule has 4 nitrogen and oxygen atoms in total. The van der Waals surface area contributed by atoms with Crippen LogP contribution in [-0.2, 0) is 6.42 Å². The number of hydrogen-bond acceptors (Lipinski definition) is 3. The summed E-state index contributed by atoms with van der Waals surface area (Å²) in [6.45, 7) is 3.59. The zero-order valence-electron chi connectivity index (χ0n) is 13.2. The van der Waals surface area contributed by atoms with E-state index in [0.29, 0.717) is 17.8 Å². The highest BCUT2D eigenvalue weighted by molar-refractivity contribution is 14.0. The second-order valence-electron chi connectivity index (χ2n) is 4.97. The van der Waals surface area contributed by atoms with Gasteiger partial charge in [0.1, 0.15) is 0 Å². The van der Waals surface area contributed by atoms with Crippen LogP contribution in [-0.4, -0.2) is 29.3 Å². The molecule has 2 rings (SSSR count). The maximum absolute atomic E-state index is 5.89. The molecule has 1 atom stereocenters. The third kappa shape index (κ3) is 8.22. The first-order valence-electron chi connectivity index (χ1n) is 7.39. The van der Waals surface area contributed by atoms with Gasteiger partial charge in [0, 0.05) is 35.0 Å². The molecule has 124 valence electrons. The molecule has 23 heavy (non-hydrogen) atoms. The minimum absolute atomic E-state index is 0. The first kappa shape index (κ1) is 19.8. The molecule has 1 aromatic heterocycles. The van der Waals surface area contributed by atoms with Crippen LogP contribution in [0.3, 0.4) is 0 Å². The van der Waals surface area contributed by atoms with E-state index in [0.717, 1.165) is 18.7 Å². The SMILES string of the molecule is CC(CN=C(N)NCCc1ccccn1)Sc1ccccc1.I. The molecule has 1 aromatic carbocycles. The predicted molar refractivity (Wildman–Crippen MR) is 110 cm³/mol. The summed E-state index contributed by atoms with van der Waals surface area (Å²) in [5.41, 5.74) is 6.94. The molecule has 0 saturated heterocycles. The Bertz CT molecular complexity index is 578. The van der Waals surface area contributed by atoms with Crippen molar-refractivity contribution < 1.29 is 0 Å². The minimum atomic E-state index is 0. The highest BCUT2D eigenvalue weighted by atomic mass is 127. The van der Waals surface area contributed by atoms with Crippen molar-refractivity contribution in [2.75, 3.05) is 13.1 Å². The molecular formula is C17H23IN4S. The number of rotatable bonds is 7. The quantitative estimate of drug-likeness (QED) is 0.299. The number of benzene rings is 1. The predicted octanol–water partition coefficient (Wildman–Crippen LogP) is 3.33. The maximum Gasteiger partial charge on any atom is 0.188 e. The third-order valence-electron chi connectivity index (χ3n) is 3.01. The fraction of sp³-hybridized carbons (Fsp3) is 0.294. The van der Waals surface area contributed by atoms with Crippen LogP contribution in [0.15, 0.2) is 64.6 Å². The smallest absolute Gasteiger partial charge is 0.188 e. The Labute approximate surface area is 159 Å². The Morgan fingerprint density at radius 1 is 1.22 bits per heavy atom. The van der Waals surface area contributed by atoms with Gasteiger partial charge in [-0.25, -0.2) is 0 Å². The number of guanidine groups is 1. The van der Waals surface area contributed by atoms with E-state index >= 15 is 0 Å². The van der Waals surface area contributed by atoms with Crippen molar-refractivity contribution in [3.63, 3.8) is 0 Å². The summed E-state index contributed by atoms with van der Waals surface area (Å²) in [6.07, 6.45) is 2.64. The third-order valence-corrected chi connectivity index (χ3v) is 4.11. The van der Waals surface area contributed by atoms with E-state index in [4.69, 9.17) is 5.73 Å². The van der Waals surface area contributed by atoms with Gasteiger partial charge in [-0.15, -0.1) is 35.7 Å². The molecule has 3 N–H and O–H groups in total. The van der Waals surface area contributed by atoms with E-state index in [1.54, 1.807) is 18.0 Å². The van der Waals surface area contributed by atoms with E-state index in [2.05, 4.69) is 34.3 Å². The number of hydrogen-bond donors (Lipinski definition) is 2. The molecule has 2 aromatic rings. The van der Waals surface area contributed by atoms with E-state index in [-0.39, 0.29) is 24.0 Å². The molecule has 0 aliphatic rings. The van der Waals surface area contributed by atoms with Gasteiger partial charge in [0.25, 0.3) is 0 Å². The first-order valence-corrected chi connectivity index (χ1v) is 8.27.